The molecular formula is C11H13N3O5S. The quantitative estimate of drug-likeness (QED) is 0.492. The molecule has 2 atom stereocenters. The van der Waals surface area contributed by atoms with E-state index in [1.807, 2.05) is 0 Å². The van der Waals surface area contributed by atoms with Crippen LogP contribution in [0.25, 0.3) is 0 Å². The van der Waals surface area contributed by atoms with Crippen LogP contribution in [-0.4, -0.2) is 32.8 Å². The predicted molar refractivity (Wildman–Crippen MR) is 72.3 cm³/mol. The van der Waals surface area contributed by atoms with Gasteiger partial charge in [-0.15, -0.1) is 0 Å². The van der Waals surface area contributed by atoms with Crippen molar-refractivity contribution in [1.82, 2.24) is 0 Å². The van der Waals surface area contributed by atoms with E-state index in [4.69, 9.17) is 16.6 Å². The maximum atomic E-state index is 12.2. The molecule has 0 bridgehead atoms. The highest BCUT2D eigenvalue weighted by molar-refractivity contribution is 7.89. The number of nitrogens with zero attached hydrogens (tertiary/aromatic N) is 1. The molecule has 20 heavy (non-hydrogen) atoms. The molecule has 0 aromatic heterocycles. The molecule has 0 fully saturated rings. The third-order valence-electron chi connectivity index (χ3n) is 2.35. The van der Waals surface area contributed by atoms with Crippen molar-refractivity contribution in [3.63, 3.8) is 0 Å². The number of aliphatic carboxylic acids is 1. The van der Waals surface area contributed by atoms with Gasteiger partial charge in [-0.25, -0.2) is 4.21 Å². The van der Waals surface area contributed by atoms with Gasteiger partial charge in [-0.2, -0.15) is 0 Å². The van der Waals surface area contributed by atoms with Crippen LogP contribution in [0.2, 0.25) is 0 Å². The molecule has 108 valence electrons. The molecule has 2 unspecified atom stereocenters. The van der Waals surface area contributed by atoms with Crippen molar-refractivity contribution in [2.75, 3.05) is 6.54 Å². The lowest BCUT2D eigenvalue weighted by atomic mass is 10.3. The lowest BCUT2D eigenvalue weighted by Crippen LogP contribution is -2.29. The van der Waals surface area contributed by atoms with Gasteiger partial charge in [0.15, 0.2) is 0 Å². The van der Waals surface area contributed by atoms with Crippen LogP contribution >= 0.6 is 0 Å². The fourth-order valence-electron chi connectivity index (χ4n) is 1.32. The van der Waals surface area contributed by atoms with E-state index in [9.17, 15) is 19.1 Å². The molecular weight excluding hydrogens is 286 g/mol. The Morgan fingerprint density at radius 1 is 1.45 bits per heavy atom. The molecule has 0 saturated heterocycles. The smallest absolute Gasteiger partial charge is 0.324 e. The SMILES string of the molecule is NC/C(=C/C(N)C(=O)O)S(=O)c1ccc([N+](=O)[O-])cc1. The number of carboxylic acids is 1. The van der Waals surface area contributed by atoms with Gasteiger partial charge < -0.3 is 16.6 Å². The van der Waals surface area contributed by atoms with Crippen molar-refractivity contribution in [3.8, 4) is 0 Å². The minimum Gasteiger partial charge on any atom is -0.480 e. The van der Waals surface area contributed by atoms with Crippen LogP contribution in [0.5, 0.6) is 0 Å². The van der Waals surface area contributed by atoms with E-state index in [1.54, 1.807) is 0 Å². The minimum absolute atomic E-state index is 0.133. The zero-order valence-corrected chi connectivity index (χ0v) is 11.1. The van der Waals surface area contributed by atoms with E-state index >= 15 is 0 Å². The van der Waals surface area contributed by atoms with E-state index in [2.05, 4.69) is 0 Å². The number of non-ortho nitro benzene ring substituents is 1. The van der Waals surface area contributed by atoms with Gasteiger partial charge in [-0.3, -0.25) is 14.9 Å². The summed E-state index contributed by atoms with van der Waals surface area (Å²) in [6.07, 6.45) is 1.11. The van der Waals surface area contributed by atoms with Crippen LogP contribution in [0.15, 0.2) is 40.1 Å². The molecule has 9 heteroatoms. The van der Waals surface area contributed by atoms with Crippen molar-refractivity contribution in [2.45, 2.75) is 10.9 Å². The third-order valence-corrected chi connectivity index (χ3v) is 3.83. The average molecular weight is 299 g/mol. The number of hydrogen-bond donors (Lipinski definition) is 3. The predicted octanol–water partition coefficient (Wildman–Crippen LogP) is -0.0431. The highest BCUT2D eigenvalue weighted by Crippen LogP contribution is 2.18. The first-order valence-corrected chi connectivity index (χ1v) is 6.57. The van der Waals surface area contributed by atoms with E-state index in [0.29, 0.717) is 0 Å². The fraction of sp³-hybridized carbons (Fsp3) is 0.182. The summed E-state index contributed by atoms with van der Waals surface area (Å²) in [4.78, 5) is 21.0. The summed E-state index contributed by atoms with van der Waals surface area (Å²) in [5.74, 6) is -1.27. The van der Waals surface area contributed by atoms with Gasteiger partial charge in [0.2, 0.25) is 0 Å². The number of carboxylic acid groups (broad SMARTS) is 1. The van der Waals surface area contributed by atoms with E-state index in [1.165, 1.54) is 24.3 Å². The summed E-state index contributed by atoms with van der Waals surface area (Å²) in [6, 6.07) is 3.75. The molecule has 0 heterocycles. The summed E-state index contributed by atoms with van der Waals surface area (Å²) in [5.41, 5.74) is 10.6. The van der Waals surface area contributed by atoms with Gasteiger partial charge >= 0.3 is 5.97 Å². The van der Waals surface area contributed by atoms with Gasteiger partial charge in [0, 0.05) is 28.5 Å². The van der Waals surface area contributed by atoms with Crippen molar-refractivity contribution in [1.29, 1.82) is 0 Å². The van der Waals surface area contributed by atoms with Crippen molar-refractivity contribution >= 4 is 22.5 Å². The van der Waals surface area contributed by atoms with Crippen molar-refractivity contribution in [3.05, 3.63) is 45.4 Å². The van der Waals surface area contributed by atoms with Crippen LogP contribution < -0.4 is 11.5 Å². The molecule has 1 rings (SSSR count). The largest absolute Gasteiger partial charge is 0.480 e. The van der Waals surface area contributed by atoms with Crippen LogP contribution in [0.3, 0.4) is 0 Å². The van der Waals surface area contributed by atoms with Gasteiger partial charge in [-0.1, -0.05) is 0 Å². The molecule has 8 nitrogen and oxygen atoms in total. The minimum atomic E-state index is -1.71. The Hall–Kier alpha value is -2.10. The van der Waals surface area contributed by atoms with E-state index in [-0.39, 0.29) is 22.0 Å². The maximum Gasteiger partial charge on any atom is 0.324 e. The van der Waals surface area contributed by atoms with Crippen LogP contribution in [0.1, 0.15) is 0 Å². The van der Waals surface area contributed by atoms with Gasteiger partial charge in [0.25, 0.3) is 5.69 Å². The van der Waals surface area contributed by atoms with E-state index in [0.717, 1.165) is 6.08 Å². The summed E-state index contributed by atoms with van der Waals surface area (Å²) in [7, 11) is -1.71. The first-order chi connectivity index (χ1) is 9.36. The Kier molecular flexibility index (Phi) is 5.50. The Labute approximate surface area is 116 Å². The summed E-state index contributed by atoms with van der Waals surface area (Å²) in [5, 5.41) is 19.2. The fourth-order valence-corrected chi connectivity index (χ4v) is 2.43. The van der Waals surface area contributed by atoms with Gasteiger partial charge in [-0.05, 0) is 18.2 Å². The van der Waals surface area contributed by atoms with Crippen LogP contribution in [-0.2, 0) is 15.6 Å². The Morgan fingerprint density at radius 3 is 2.40 bits per heavy atom. The molecule has 5 N–H and O–H groups in total. The third kappa shape index (κ3) is 3.95. The summed E-state index contributed by atoms with van der Waals surface area (Å²) < 4.78 is 12.2. The summed E-state index contributed by atoms with van der Waals surface area (Å²) >= 11 is 0. The molecule has 0 aliphatic rings. The molecule has 0 radical (unpaired) electrons. The number of benzene rings is 1. The van der Waals surface area contributed by atoms with Crippen LogP contribution in [0, 0.1) is 10.1 Å². The first kappa shape index (κ1) is 16.0. The molecule has 0 amide bonds. The molecule has 0 saturated carbocycles. The highest BCUT2D eigenvalue weighted by atomic mass is 32.2. The van der Waals surface area contributed by atoms with Crippen LogP contribution in [0.4, 0.5) is 5.69 Å². The molecule has 0 aliphatic carbocycles. The zero-order chi connectivity index (χ0) is 15.3. The zero-order valence-electron chi connectivity index (χ0n) is 10.3. The number of hydrogen-bond acceptors (Lipinski definition) is 6. The first-order valence-electron chi connectivity index (χ1n) is 5.42. The van der Waals surface area contributed by atoms with Gasteiger partial charge in [0.05, 0.1) is 15.7 Å². The maximum absolute atomic E-state index is 12.2. The van der Waals surface area contributed by atoms with Gasteiger partial charge in [0.1, 0.15) is 6.04 Å². The topological polar surface area (TPSA) is 150 Å². The van der Waals surface area contributed by atoms with E-state index < -0.39 is 27.7 Å². The molecule has 0 aliphatic heterocycles. The van der Waals surface area contributed by atoms with Crippen molar-refractivity contribution in [2.24, 2.45) is 11.5 Å². The Morgan fingerprint density at radius 2 is 2.00 bits per heavy atom. The molecule has 1 aromatic carbocycles. The standard InChI is InChI=1S/C11H13N3O5S/c12-6-9(5-10(13)11(15)16)20(19)8-3-1-7(2-4-8)14(17)18/h1-5,10H,6,12-13H2,(H,15,16)/b9-5-. The number of nitrogens with two attached hydrogens (primary N) is 2. The molecule has 0 spiro atoms. The highest BCUT2D eigenvalue weighted by Gasteiger charge is 2.15. The Balaban J connectivity index is 3.02. The number of nitro groups is 1. The van der Waals surface area contributed by atoms with Crippen molar-refractivity contribution < 1.29 is 19.0 Å². The monoisotopic (exact) mass is 299 g/mol. The lowest BCUT2D eigenvalue weighted by Gasteiger charge is -2.07. The normalized spacial score (nSPS) is 14.6. The Bertz CT molecular complexity index is 570. The average Bonchev–Trinajstić information content (AvgIpc) is 2.43. The number of rotatable bonds is 6. The second kappa shape index (κ2) is 6.89. The second-order valence-corrected chi connectivity index (χ2v) is 5.25. The second-order valence-electron chi connectivity index (χ2n) is 3.72. The molecule has 1 aromatic rings. The lowest BCUT2D eigenvalue weighted by molar-refractivity contribution is -0.384. The number of carbonyl (C=O) groups is 1. The summed E-state index contributed by atoms with van der Waals surface area (Å²) in [6.45, 7) is -0.134. The number of nitro benzene ring substituents is 1.